The zero-order chi connectivity index (χ0) is 87.9. The highest BCUT2D eigenvalue weighted by atomic mass is 15.3. The number of benzene rings is 1. The van der Waals surface area contributed by atoms with Gasteiger partial charge in [-0.3, -0.25) is 54.3 Å². The Morgan fingerprint density at radius 2 is 0.484 bits per heavy atom. The van der Waals surface area contributed by atoms with Crippen LogP contribution >= 0.6 is 0 Å². The van der Waals surface area contributed by atoms with Gasteiger partial charge in [0.05, 0.1) is 0 Å². The van der Waals surface area contributed by atoms with Gasteiger partial charge in [0, 0.05) is 246 Å². The first kappa shape index (κ1) is 93.1. The summed E-state index contributed by atoms with van der Waals surface area (Å²) in [4.78, 5) is 56.3. The molecule has 678 valence electrons. The zero-order valence-electron chi connectivity index (χ0n) is 80.8. The molecular formula is C106H164N18. The number of rotatable bonds is 6. The van der Waals surface area contributed by atoms with E-state index in [1.807, 2.05) is 74.2 Å². The van der Waals surface area contributed by atoms with Crippen LogP contribution in [0.1, 0.15) is 240 Å². The molecule has 12 aliphatic heterocycles. The lowest BCUT2D eigenvalue weighted by Crippen LogP contribution is -2.65. The number of hydrogen-bond donors (Lipinski definition) is 0. The molecule has 19 rings (SSSR count). The van der Waals surface area contributed by atoms with E-state index in [2.05, 4.69) is 298 Å². The van der Waals surface area contributed by atoms with E-state index in [0.29, 0.717) is 65.7 Å². The molecule has 18 heteroatoms. The van der Waals surface area contributed by atoms with Crippen LogP contribution in [-0.4, -0.2) is 250 Å². The summed E-state index contributed by atoms with van der Waals surface area (Å²) in [5, 5.41) is 2.52. The fourth-order valence-electron chi connectivity index (χ4n) is 22.9. The third kappa shape index (κ3) is 23.7. The molecule has 0 aliphatic carbocycles. The van der Waals surface area contributed by atoms with E-state index in [0.717, 1.165) is 18.9 Å². The van der Waals surface area contributed by atoms with E-state index < -0.39 is 0 Å². The van der Waals surface area contributed by atoms with Gasteiger partial charge in [0.15, 0.2) is 0 Å². The van der Waals surface area contributed by atoms with E-state index in [4.69, 9.17) is 0 Å². The van der Waals surface area contributed by atoms with Gasteiger partial charge in [-0.2, -0.15) is 0 Å². The van der Waals surface area contributed by atoms with E-state index in [9.17, 15) is 0 Å². The minimum absolute atomic E-state index is 0.313. The molecule has 124 heavy (non-hydrogen) atoms. The second kappa shape index (κ2) is 38.7. The molecule has 12 saturated heterocycles. The van der Waals surface area contributed by atoms with Gasteiger partial charge in [0.2, 0.25) is 0 Å². The molecular weight excluding hydrogens is 1530 g/mol. The monoisotopic (exact) mass is 1690 g/mol. The van der Waals surface area contributed by atoms with Crippen LogP contribution in [0.5, 0.6) is 0 Å². The lowest BCUT2D eigenvalue weighted by Gasteiger charge is -2.58. The molecule has 7 aromatic rings. The van der Waals surface area contributed by atoms with Gasteiger partial charge in [-0.1, -0.05) is 12.1 Å². The molecule has 0 N–H and O–H groups in total. The lowest BCUT2D eigenvalue weighted by molar-refractivity contribution is -0.0717. The smallest absolute Gasteiger partial charge is 0.128 e. The number of likely N-dealkylation sites (tertiary alicyclic amines) is 6. The van der Waals surface area contributed by atoms with Crippen LogP contribution in [0, 0.1) is 32.5 Å². The summed E-state index contributed by atoms with van der Waals surface area (Å²) in [5.41, 5.74) is 12.2. The maximum absolute atomic E-state index is 4.49. The number of hydrogen-bond acceptors (Lipinski definition) is 18. The van der Waals surface area contributed by atoms with E-state index in [1.165, 1.54) is 299 Å². The van der Waals surface area contributed by atoms with Crippen molar-refractivity contribution in [1.82, 2.24) is 59.3 Å². The van der Waals surface area contributed by atoms with Crippen molar-refractivity contribution in [1.29, 1.82) is 0 Å². The van der Waals surface area contributed by atoms with Crippen LogP contribution < -0.4 is 29.4 Å². The SMILES string of the molecule is CC(C)(C)N1CC2(CCN(c3ccncc3)CC2)C1.CC(C)(C)N1CCC2(CCN(c3ccc4cnccc4c3)CC2)C1.CC(C)(C)N1CCC2(CCN(c3ccccn3)CC2)C1.CC(C)(C)N1CCC2(CCN(c3ccncc3)C2)CC1.CC(C)(C)N1CCC2(CCN(c3ccncc3)CC2)C1.CC(C)(C)N1CCC2(CCN(c3ccncc3)CC2)CC1. The Morgan fingerprint density at radius 1 is 0.210 bits per heavy atom. The van der Waals surface area contributed by atoms with Crippen molar-refractivity contribution in [2.75, 3.05) is 186 Å². The molecule has 6 spiro atoms. The molecule has 6 aromatic heterocycles. The van der Waals surface area contributed by atoms with E-state index in [-0.39, 0.29) is 0 Å². The van der Waals surface area contributed by atoms with Crippen molar-refractivity contribution >= 4 is 45.0 Å². The van der Waals surface area contributed by atoms with Gasteiger partial charge in [-0.15, -0.1) is 0 Å². The lowest BCUT2D eigenvalue weighted by atomic mass is 9.70. The third-order valence-corrected chi connectivity index (χ3v) is 32.3. The summed E-state index contributed by atoms with van der Waals surface area (Å²) in [6.45, 7) is 71.8. The van der Waals surface area contributed by atoms with Crippen molar-refractivity contribution in [2.24, 2.45) is 32.5 Å². The maximum atomic E-state index is 4.49. The maximum Gasteiger partial charge on any atom is 0.128 e. The van der Waals surface area contributed by atoms with E-state index >= 15 is 0 Å². The number of fused-ring (bicyclic) bond motifs is 1. The highest BCUT2D eigenvalue weighted by molar-refractivity contribution is 5.85. The number of anilines is 6. The highest BCUT2D eigenvalue weighted by Crippen LogP contribution is 2.50. The summed E-state index contributed by atoms with van der Waals surface area (Å²) in [5.74, 6) is 1.15. The molecule has 0 bridgehead atoms. The van der Waals surface area contributed by atoms with Crippen molar-refractivity contribution < 1.29 is 0 Å². The standard InChI is InChI=1S/C21H29N3.C18H29N3.3C17H27N3.C16H25N3/c1-20(2,3)24-13-9-21(16-24)7-11-23(12-8-21)19-5-4-18-15-22-10-6-17(18)14-19;1-17(2,3)21-14-8-18(9-15-21)6-12-20(13-7-18)16-4-10-19-11-5-16;1-16(2,3)20-12-7-17(8-13-20)6-11-19(14-17)15-4-9-18-10-5-15;1-16(2,3)20-13-8-17(14-20)6-11-19(12-7-17)15-4-9-18-10-5-15;1-16(2,3)20-13-9-17(14-20)7-11-19(12-8-17)15-6-4-5-10-18-15;1-15(2,3)19-12-16(13-19)6-10-18(11-7-16)14-4-8-17-9-5-14/h4-6,10,14-15H,7-9,11-13,16H2,1-3H3;4-5,10-11H,6-9,12-15H2,1-3H3;2*4-5,9-10H,6-8,11-14H2,1-3H3;4-6,10H,7-9,11-14H2,1-3H3;4-5,8-9H,6-7,10-13H2,1-3H3. The Labute approximate surface area is 751 Å². The minimum Gasteiger partial charge on any atom is -0.371 e. The Kier molecular flexibility index (Phi) is 29.1. The van der Waals surface area contributed by atoms with Gasteiger partial charge >= 0.3 is 0 Å². The Morgan fingerprint density at radius 3 is 0.823 bits per heavy atom. The summed E-state index contributed by atoms with van der Waals surface area (Å²) < 4.78 is 0. The topological polar surface area (TPSA) is 116 Å². The van der Waals surface area contributed by atoms with Crippen molar-refractivity contribution in [3.8, 4) is 0 Å². The van der Waals surface area contributed by atoms with Crippen LogP contribution in [0.4, 0.5) is 34.3 Å². The van der Waals surface area contributed by atoms with Gasteiger partial charge in [-0.05, 0) is 403 Å². The molecule has 0 radical (unpaired) electrons. The van der Waals surface area contributed by atoms with Gasteiger partial charge in [0.1, 0.15) is 5.82 Å². The minimum atomic E-state index is 0.313. The number of nitrogens with zero attached hydrogens (tertiary/aromatic N) is 18. The Bertz CT molecular complexity index is 4270. The van der Waals surface area contributed by atoms with E-state index in [1.54, 1.807) is 0 Å². The van der Waals surface area contributed by atoms with Crippen LogP contribution in [0.25, 0.3) is 10.8 Å². The van der Waals surface area contributed by atoms with Crippen LogP contribution in [-0.2, 0) is 0 Å². The molecule has 18 heterocycles. The average molecular weight is 1690 g/mol. The van der Waals surface area contributed by atoms with Crippen LogP contribution in [0.3, 0.4) is 0 Å². The second-order valence-electron chi connectivity index (χ2n) is 46.4. The summed E-state index contributed by atoms with van der Waals surface area (Å²) in [6, 6.07) is 32.2. The summed E-state index contributed by atoms with van der Waals surface area (Å²) in [6.07, 6.45) is 45.2. The molecule has 12 aliphatic rings. The van der Waals surface area contributed by atoms with Crippen LogP contribution in [0.15, 0.2) is 159 Å². The largest absolute Gasteiger partial charge is 0.371 e. The Balaban J connectivity index is 0.000000121. The second-order valence-corrected chi connectivity index (χ2v) is 46.4. The third-order valence-electron chi connectivity index (χ3n) is 32.3. The number of piperidine rings is 7. The van der Waals surface area contributed by atoms with Gasteiger partial charge in [0.25, 0.3) is 0 Å². The predicted octanol–water partition coefficient (Wildman–Crippen LogP) is 20.2. The molecule has 18 nitrogen and oxygen atoms in total. The number of aromatic nitrogens is 6. The first-order chi connectivity index (χ1) is 58.9. The zero-order valence-corrected chi connectivity index (χ0v) is 80.8. The van der Waals surface area contributed by atoms with Crippen molar-refractivity contribution in [3.63, 3.8) is 0 Å². The average Bonchev–Trinajstić information content (AvgIpc) is 1.23. The normalized spacial score (nSPS) is 23.1. The molecule has 0 saturated carbocycles. The first-order valence-electron chi connectivity index (χ1n) is 48.7. The van der Waals surface area contributed by atoms with Crippen molar-refractivity contribution in [3.05, 3.63) is 159 Å². The fourth-order valence-corrected chi connectivity index (χ4v) is 22.9. The molecule has 1 aromatic carbocycles. The summed E-state index contributed by atoms with van der Waals surface area (Å²) >= 11 is 0. The highest BCUT2D eigenvalue weighted by Gasteiger charge is 2.51. The molecule has 0 unspecified atom stereocenters. The quantitative estimate of drug-likeness (QED) is 0.157. The molecule has 0 atom stereocenters. The molecule has 12 fully saturated rings. The van der Waals surface area contributed by atoms with Crippen molar-refractivity contribution in [2.45, 2.75) is 273 Å². The predicted molar refractivity (Wildman–Crippen MR) is 522 cm³/mol. The van der Waals surface area contributed by atoms with Crippen LogP contribution in [0.2, 0.25) is 0 Å². The fraction of sp³-hybridized carbons (Fsp3) is 0.679. The van der Waals surface area contributed by atoms with Gasteiger partial charge < -0.3 is 29.4 Å². The number of pyridine rings is 6. The first-order valence-corrected chi connectivity index (χ1v) is 48.7. The molecule has 0 amide bonds. The van der Waals surface area contributed by atoms with Gasteiger partial charge in [-0.25, -0.2) is 4.98 Å². The summed E-state index contributed by atoms with van der Waals surface area (Å²) in [7, 11) is 0. The Hall–Kier alpha value is -7.06.